The third-order valence-electron chi connectivity index (χ3n) is 4.39. The Morgan fingerprint density at radius 2 is 1.62 bits per heavy atom. The van der Waals surface area contributed by atoms with Crippen LogP contribution in [0.4, 0.5) is 4.39 Å². The van der Waals surface area contributed by atoms with Gasteiger partial charge in [0, 0.05) is 52.6 Å². The smallest absolute Gasteiger partial charge is 0.224 e. The number of nitrogens with zero attached hydrogens (tertiary/aromatic N) is 3. The summed E-state index contributed by atoms with van der Waals surface area (Å²) in [5.74, 6) is -0.542. The average molecular weight is 385 g/mol. The van der Waals surface area contributed by atoms with Crippen LogP contribution in [0.1, 0.15) is 18.9 Å². The molecule has 1 aromatic rings. The van der Waals surface area contributed by atoms with Crippen LogP contribution < -0.4 is 0 Å². The van der Waals surface area contributed by atoms with Crippen LogP contribution in [0.15, 0.2) is 24.3 Å². The van der Waals surface area contributed by atoms with Crippen molar-refractivity contribution in [2.75, 3.05) is 39.0 Å². The Labute approximate surface area is 153 Å². The van der Waals surface area contributed by atoms with Crippen molar-refractivity contribution in [2.24, 2.45) is 0 Å². The number of hydrogen-bond donors (Lipinski definition) is 0. The first-order valence-corrected chi connectivity index (χ1v) is 10.2. The summed E-state index contributed by atoms with van der Waals surface area (Å²) in [6, 6.07) is 5.59. The number of benzene rings is 1. The molecule has 0 aliphatic carbocycles. The van der Waals surface area contributed by atoms with Crippen molar-refractivity contribution in [1.29, 1.82) is 0 Å². The van der Waals surface area contributed by atoms with Gasteiger partial charge < -0.3 is 9.80 Å². The minimum absolute atomic E-state index is 0.0142. The van der Waals surface area contributed by atoms with Crippen LogP contribution in [0, 0.1) is 5.82 Å². The minimum atomic E-state index is -3.50. The first-order chi connectivity index (χ1) is 12.2. The van der Waals surface area contributed by atoms with Crippen LogP contribution in [0.25, 0.3) is 0 Å². The van der Waals surface area contributed by atoms with Crippen molar-refractivity contribution in [3.63, 3.8) is 0 Å². The van der Waals surface area contributed by atoms with Crippen molar-refractivity contribution in [3.05, 3.63) is 35.6 Å². The standard InChI is InChI=1S/C17H24FN3O4S/c1-14(22)19-9-11-20(12-10-19)17(23)7-8-21(26(2,24)25)13-15-3-5-16(18)6-4-15/h3-6H,7-13H2,1-2H3. The summed E-state index contributed by atoms with van der Waals surface area (Å²) in [5, 5.41) is 0. The Hall–Kier alpha value is -2.00. The van der Waals surface area contributed by atoms with Crippen molar-refractivity contribution in [1.82, 2.24) is 14.1 Å². The van der Waals surface area contributed by atoms with E-state index >= 15 is 0 Å². The molecule has 0 spiro atoms. The Bertz CT molecular complexity index is 744. The van der Waals surface area contributed by atoms with E-state index < -0.39 is 10.0 Å². The zero-order chi connectivity index (χ0) is 19.3. The molecule has 7 nitrogen and oxygen atoms in total. The highest BCUT2D eigenvalue weighted by Crippen LogP contribution is 2.12. The van der Waals surface area contributed by atoms with Crippen molar-refractivity contribution < 1.29 is 22.4 Å². The maximum absolute atomic E-state index is 13.0. The van der Waals surface area contributed by atoms with Crippen LogP contribution in [0.5, 0.6) is 0 Å². The molecule has 2 rings (SSSR count). The summed E-state index contributed by atoms with van der Waals surface area (Å²) >= 11 is 0. The van der Waals surface area contributed by atoms with Crippen LogP contribution >= 0.6 is 0 Å². The highest BCUT2D eigenvalue weighted by molar-refractivity contribution is 7.88. The predicted molar refractivity (Wildman–Crippen MR) is 95.1 cm³/mol. The molecule has 1 aromatic carbocycles. The van der Waals surface area contributed by atoms with E-state index in [0.717, 1.165) is 6.26 Å². The summed E-state index contributed by atoms with van der Waals surface area (Å²) in [4.78, 5) is 27.0. The van der Waals surface area contributed by atoms with Gasteiger partial charge in [-0.3, -0.25) is 9.59 Å². The molecule has 144 valence electrons. The molecule has 2 amide bonds. The van der Waals surface area contributed by atoms with Gasteiger partial charge in [0.1, 0.15) is 5.82 Å². The molecule has 1 fully saturated rings. The number of hydrogen-bond acceptors (Lipinski definition) is 4. The van der Waals surface area contributed by atoms with Gasteiger partial charge in [-0.05, 0) is 17.7 Å². The molecular weight excluding hydrogens is 361 g/mol. The van der Waals surface area contributed by atoms with E-state index in [1.807, 2.05) is 0 Å². The van der Waals surface area contributed by atoms with Crippen LogP contribution in [-0.2, 0) is 26.2 Å². The zero-order valence-corrected chi connectivity index (χ0v) is 15.8. The van der Waals surface area contributed by atoms with Gasteiger partial charge in [0.05, 0.1) is 6.26 Å². The molecule has 0 bridgehead atoms. The second kappa shape index (κ2) is 8.59. The lowest BCUT2D eigenvalue weighted by atomic mass is 10.2. The van der Waals surface area contributed by atoms with Gasteiger partial charge in [-0.1, -0.05) is 12.1 Å². The first kappa shape index (κ1) is 20.3. The summed E-state index contributed by atoms with van der Waals surface area (Å²) in [6.45, 7) is 3.53. The number of halogens is 1. The maximum atomic E-state index is 13.0. The molecule has 0 atom stereocenters. The van der Waals surface area contributed by atoms with E-state index in [1.165, 1.54) is 35.5 Å². The third kappa shape index (κ3) is 5.77. The molecule has 1 aliphatic rings. The summed E-state index contributed by atoms with van der Waals surface area (Å²) in [7, 11) is -3.50. The molecule has 0 aromatic heterocycles. The van der Waals surface area contributed by atoms with Gasteiger partial charge >= 0.3 is 0 Å². The lowest BCUT2D eigenvalue weighted by Crippen LogP contribution is -2.50. The summed E-state index contributed by atoms with van der Waals surface area (Å²) < 4.78 is 38.2. The van der Waals surface area contributed by atoms with Gasteiger partial charge in [0.2, 0.25) is 21.8 Å². The fourth-order valence-electron chi connectivity index (χ4n) is 2.80. The Morgan fingerprint density at radius 3 is 2.12 bits per heavy atom. The lowest BCUT2D eigenvalue weighted by Gasteiger charge is -2.34. The number of carbonyl (C=O) groups excluding carboxylic acids is 2. The second-order valence-corrected chi connectivity index (χ2v) is 8.34. The number of amides is 2. The van der Waals surface area contributed by atoms with E-state index in [1.54, 1.807) is 9.80 Å². The molecular formula is C17H24FN3O4S. The maximum Gasteiger partial charge on any atom is 0.224 e. The van der Waals surface area contributed by atoms with E-state index in [4.69, 9.17) is 0 Å². The van der Waals surface area contributed by atoms with Gasteiger partial charge in [-0.25, -0.2) is 12.8 Å². The van der Waals surface area contributed by atoms with Crippen LogP contribution in [-0.4, -0.2) is 73.3 Å². The molecule has 0 radical (unpaired) electrons. The molecule has 0 saturated carbocycles. The molecule has 0 unspecified atom stereocenters. The van der Waals surface area contributed by atoms with Crippen LogP contribution in [0.2, 0.25) is 0 Å². The fraction of sp³-hybridized carbons (Fsp3) is 0.529. The van der Waals surface area contributed by atoms with Crippen molar-refractivity contribution >= 4 is 21.8 Å². The Balaban J connectivity index is 1.92. The number of rotatable bonds is 6. The monoisotopic (exact) mass is 385 g/mol. The number of piperazine rings is 1. The normalized spacial score (nSPS) is 15.4. The highest BCUT2D eigenvalue weighted by Gasteiger charge is 2.24. The van der Waals surface area contributed by atoms with E-state index in [0.29, 0.717) is 31.7 Å². The molecule has 0 N–H and O–H groups in total. The SMILES string of the molecule is CC(=O)N1CCN(C(=O)CCN(Cc2ccc(F)cc2)S(C)(=O)=O)CC1. The zero-order valence-electron chi connectivity index (χ0n) is 15.0. The van der Waals surface area contributed by atoms with Crippen molar-refractivity contribution in [3.8, 4) is 0 Å². The largest absolute Gasteiger partial charge is 0.339 e. The topological polar surface area (TPSA) is 78.0 Å². The second-order valence-electron chi connectivity index (χ2n) is 6.36. The van der Waals surface area contributed by atoms with E-state index in [9.17, 15) is 22.4 Å². The fourth-order valence-corrected chi connectivity index (χ4v) is 3.61. The van der Waals surface area contributed by atoms with Gasteiger partial charge in [0.15, 0.2) is 0 Å². The predicted octanol–water partition coefficient (Wildman–Crippen LogP) is 0.668. The van der Waals surface area contributed by atoms with Gasteiger partial charge in [0.25, 0.3) is 0 Å². The summed E-state index contributed by atoms with van der Waals surface area (Å²) in [6.07, 6.45) is 1.15. The number of sulfonamides is 1. The molecule has 1 aliphatic heterocycles. The van der Waals surface area contributed by atoms with Gasteiger partial charge in [-0.2, -0.15) is 4.31 Å². The molecule has 1 heterocycles. The number of carbonyl (C=O) groups is 2. The Kier molecular flexibility index (Phi) is 6.71. The van der Waals surface area contributed by atoms with Crippen LogP contribution in [0.3, 0.4) is 0 Å². The first-order valence-electron chi connectivity index (χ1n) is 8.39. The van der Waals surface area contributed by atoms with E-state index in [2.05, 4.69) is 0 Å². The van der Waals surface area contributed by atoms with E-state index in [-0.39, 0.29) is 37.1 Å². The highest BCUT2D eigenvalue weighted by atomic mass is 32.2. The quantitative estimate of drug-likeness (QED) is 0.721. The molecule has 1 saturated heterocycles. The summed E-state index contributed by atoms with van der Waals surface area (Å²) in [5.41, 5.74) is 0.652. The Morgan fingerprint density at radius 1 is 1.08 bits per heavy atom. The third-order valence-corrected chi connectivity index (χ3v) is 5.64. The van der Waals surface area contributed by atoms with Crippen molar-refractivity contribution in [2.45, 2.75) is 19.9 Å². The average Bonchev–Trinajstić information content (AvgIpc) is 2.59. The minimum Gasteiger partial charge on any atom is -0.339 e. The van der Waals surface area contributed by atoms with Gasteiger partial charge in [-0.15, -0.1) is 0 Å². The molecule has 9 heteroatoms. The lowest BCUT2D eigenvalue weighted by molar-refractivity contribution is -0.138. The molecule has 26 heavy (non-hydrogen) atoms.